The Bertz CT molecular complexity index is 811. The molecule has 140 valence electrons. The van der Waals surface area contributed by atoms with E-state index in [1.807, 2.05) is 30.3 Å². The number of likely N-dealkylation sites (tertiary alicyclic amines) is 1. The molecule has 4 rings (SSSR count). The number of hydrogen-bond donors (Lipinski definition) is 0. The molecule has 0 saturated carbocycles. The highest BCUT2D eigenvalue weighted by Gasteiger charge is 2.41. The fourth-order valence-electron chi connectivity index (χ4n) is 3.98. The molecule has 2 aliphatic rings. The first-order valence-electron chi connectivity index (χ1n) is 9.58. The van der Waals surface area contributed by atoms with Crippen LogP contribution in [0, 0.1) is 6.92 Å². The summed E-state index contributed by atoms with van der Waals surface area (Å²) >= 11 is 0. The van der Waals surface area contributed by atoms with Gasteiger partial charge in [0.15, 0.2) is 0 Å². The van der Waals surface area contributed by atoms with Crippen molar-refractivity contribution in [2.75, 3.05) is 24.5 Å². The number of carbonyl (C=O) groups is 2. The highest BCUT2D eigenvalue weighted by atomic mass is 16.2. The molecule has 2 saturated heterocycles. The lowest BCUT2D eigenvalue weighted by molar-refractivity contribution is -0.116. The molecule has 0 N–H and O–H groups in total. The highest BCUT2D eigenvalue weighted by molar-refractivity contribution is 6.19. The summed E-state index contributed by atoms with van der Waals surface area (Å²) in [7, 11) is 0. The van der Waals surface area contributed by atoms with Crippen LogP contribution in [0.4, 0.5) is 10.5 Å². The summed E-state index contributed by atoms with van der Waals surface area (Å²) in [6.45, 7) is 5.12. The summed E-state index contributed by atoms with van der Waals surface area (Å²) in [5.74, 6) is -0.131. The van der Waals surface area contributed by atoms with Gasteiger partial charge in [-0.1, -0.05) is 48.0 Å². The van der Waals surface area contributed by atoms with E-state index in [9.17, 15) is 9.59 Å². The molecule has 0 aromatic heterocycles. The third kappa shape index (κ3) is 3.74. The van der Waals surface area contributed by atoms with Crippen molar-refractivity contribution >= 4 is 17.6 Å². The summed E-state index contributed by atoms with van der Waals surface area (Å²) in [5.41, 5.74) is 3.26. The van der Waals surface area contributed by atoms with Crippen molar-refractivity contribution in [1.82, 2.24) is 9.80 Å². The van der Waals surface area contributed by atoms with Crippen LogP contribution in [0.1, 0.15) is 24.0 Å². The smallest absolute Gasteiger partial charge is 0.312 e. The van der Waals surface area contributed by atoms with E-state index in [1.165, 1.54) is 16.0 Å². The largest absolute Gasteiger partial charge is 0.332 e. The van der Waals surface area contributed by atoms with Crippen molar-refractivity contribution in [1.29, 1.82) is 0 Å². The van der Waals surface area contributed by atoms with Gasteiger partial charge in [-0.05, 0) is 37.5 Å². The summed E-state index contributed by atoms with van der Waals surface area (Å²) in [6, 6.07) is 17.8. The van der Waals surface area contributed by atoms with Crippen LogP contribution in [0.25, 0.3) is 0 Å². The number of carbonyl (C=O) groups excluding carboxylic acids is 2. The zero-order chi connectivity index (χ0) is 18.8. The van der Waals surface area contributed by atoms with Crippen molar-refractivity contribution < 1.29 is 9.59 Å². The fourth-order valence-corrected chi connectivity index (χ4v) is 3.98. The van der Waals surface area contributed by atoms with Crippen LogP contribution in [-0.4, -0.2) is 47.4 Å². The second kappa shape index (κ2) is 7.53. The van der Waals surface area contributed by atoms with Crippen molar-refractivity contribution in [3.63, 3.8) is 0 Å². The second-order valence-corrected chi connectivity index (χ2v) is 7.47. The van der Waals surface area contributed by atoms with Gasteiger partial charge in [-0.15, -0.1) is 0 Å². The predicted octanol–water partition coefficient (Wildman–Crippen LogP) is 3.43. The summed E-state index contributed by atoms with van der Waals surface area (Å²) in [6.07, 6.45) is 1.82. The van der Waals surface area contributed by atoms with Crippen molar-refractivity contribution in [3.8, 4) is 0 Å². The van der Waals surface area contributed by atoms with Crippen molar-refractivity contribution in [2.45, 2.75) is 32.4 Å². The van der Waals surface area contributed by atoms with Gasteiger partial charge in [-0.3, -0.25) is 9.69 Å². The fraction of sp³-hybridized carbons (Fsp3) is 0.364. The third-order valence-electron chi connectivity index (χ3n) is 5.53. The molecular weight excluding hydrogens is 338 g/mol. The van der Waals surface area contributed by atoms with Gasteiger partial charge in [-0.2, -0.15) is 0 Å². The van der Waals surface area contributed by atoms with E-state index in [0.29, 0.717) is 5.69 Å². The van der Waals surface area contributed by atoms with E-state index < -0.39 is 0 Å². The number of aryl methyl sites for hydroxylation is 1. The van der Waals surface area contributed by atoms with Crippen LogP contribution >= 0.6 is 0 Å². The summed E-state index contributed by atoms with van der Waals surface area (Å²) < 4.78 is 0. The Morgan fingerprint density at radius 3 is 2.26 bits per heavy atom. The maximum Gasteiger partial charge on any atom is 0.332 e. The molecule has 5 heteroatoms. The average molecular weight is 363 g/mol. The van der Waals surface area contributed by atoms with E-state index in [0.717, 1.165) is 32.5 Å². The Morgan fingerprint density at radius 2 is 1.59 bits per heavy atom. The van der Waals surface area contributed by atoms with E-state index in [1.54, 1.807) is 4.90 Å². The number of rotatable bonds is 4. The number of piperidine rings is 1. The van der Waals surface area contributed by atoms with Gasteiger partial charge >= 0.3 is 6.03 Å². The average Bonchev–Trinajstić information content (AvgIpc) is 2.99. The molecule has 0 aliphatic carbocycles. The molecule has 0 atom stereocenters. The molecule has 2 aromatic carbocycles. The number of nitrogens with zero attached hydrogens (tertiary/aromatic N) is 3. The molecule has 2 heterocycles. The Hall–Kier alpha value is -2.66. The molecule has 0 unspecified atom stereocenters. The van der Waals surface area contributed by atoms with E-state index >= 15 is 0 Å². The van der Waals surface area contributed by atoms with Gasteiger partial charge in [0.1, 0.15) is 6.54 Å². The topological polar surface area (TPSA) is 43.9 Å². The number of anilines is 1. The second-order valence-electron chi connectivity index (χ2n) is 7.47. The van der Waals surface area contributed by atoms with Crippen LogP contribution in [-0.2, 0) is 11.3 Å². The van der Waals surface area contributed by atoms with Gasteiger partial charge in [0.2, 0.25) is 0 Å². The highest BCUT2D eigenvalue weighted by Crippen LogP contribution is 2.26. The molecule has 0 spiro atoms. The zero-order valence-corrected chi connectivity index (χ0v) is 15.7. The van der Waals surface area contributed by atoms with Crippen LogP contribution in [0.2, 0.25) is 0 Å². The van der Waals surface area contributed by atoms with E-state index in [-0.39, 0.29) is 24.5 Å². The third-order valence-corrected chi connectivity index (χ3v) is 5.53. The van der Waals surface area contributed by atoms with Crippen molar-refractivity contribution in [3.05, 3.63) is 65.7 Å². The minimum Gasteiger partial charge on any atom is -0.312 e. The Morgan fingerprint density at radius 1 is 0.926 bits per heavy atom. The predicted molar refractivity (Wildman–Crippen MR) is 106 cm³/mol. The molecular formula is C22H25N3O2. The minimum atomic E-state index is -0.178. The van der Waals surface area contributed by atoms with E-state index in [2.05, 4.69) is 36.1 Å². The molecule has 2 aliphatic heterocycles. The SMILES string of the molecule is Cc1ccc(CN2CCC(N3CC(=O)N(c4ccccc4)C3=O)CC2)cc1. The molecule has 0 bridgehead atoms. The molecule has 2 fully saturated rings. The quantitative estimate of drug-likeness (QED) is 0.782. The first-order chi connectivity index (χ1) is 13.1. The molecule has 27 heavy (non-hydrogen) atoms. The molecule has 5 nitrogen and oxygen atoms in total. The Labute approximate surface area is 160 Å². The van der Waals surface area contributed by atoms with Crippen LogP contribution < -0.4 is 4.90 Å². The van der Waals surface area contributed by atoms with E-state index in [4.69, 9.17) is 0 Å². The Balaban J connectivity index is 1.36. The summed E-state index contributed by atoms with van der Waals surface area (Å²) in [4.78, 5) is 30.8. The lowest BCUT2D eigenvalue weighted by Gasteiger charge is -2.36. The molecule has 0 radical (unpaired) electrons. The maximum absolute atomic E-state index is 12.8. The number of hydrogen-bond acceptors (Lipinski definition) is 3. The number of amides is 3. The lowest BCUT2D eigenvalue weighted by Crippen LogP contribution is -2.46. The van der Waals surface area contributed by atoms with Crippen molar-refractivity contribution in [2.24, 2.45) is 0 Å². The zero-order valence-electron chi connectivity index (χ0n) is 15.7. The van der Waals surface area contributed by atoms with Gasteiger partial charge in [0, 0.05) is 25.7 Å². The number of benzene rings is 2. The molecule has 3 amide bonds. The molecule has 2 aromatic rings. The van der Waals surface area contributed by atoms with Crippen LogP contribution in [0.5, 0.6) is 0 Å². The van der Waals surface area contributed by atoms with Gasteiger partial charge in [0.25, 0.3) is 5.91 Å². The van der Waals surface area contributed by atoms with Gasteiger partial charge in [0.05, 0.1) is 5.69 Å². The monoisotopic (exact) mass is 363 g/mol. The maximum atomic E-state index is 12.8. The van der Waals surface area contributed by atoms with Gasteiger partial charge in [-0.25, -0.2) is 9.69 Å². The first-order valence-corrected chi connectivity index (χ1v) is 9.58. The lowest BCUT2D eigenvalue weighted by atomic mass is 10.0. The minimum absolute atomic E-state index is 0.131. The first kappa shape index (κ1) is 17.7. The number of urea groups is 1. The van der Waals surface area contributed by atoms with Crippen LogP contribution in [0.3, 0.4) is 0 Å². The Kier molecular flexibility index (Phi) is 4.94. The number of para-hydroxylation sites is 1. The van der Waals surface area contributed by atoms with Gasteiger partial charge < -0.3 is 4.90 Å². The normalized spacial score (nSPS) is 19.1. The van der Waals surface area contributed by atoms with Crippen LogP contribution in [0.15, 0.2) is 54.6 Å². The summed E-state index contributed by atoms with van der Waals surface area (Å²) in [5, 5.41) is 0. The number of imide groups is 1. The standard InChI is InChI=1S/C22H25N3O2/c1-17-7-9-18(10-8-17)15-23-13-11-19(12-14-23)24-16-21(26)25(22(24)27)20-5-3-2-4-6-20/h2-10,19H,11-16H2,1H3.